The number of nitrogens with one attached hydrogen (secondary N) is 1. The van der Waals surface area contributed by atoms with E-state index in [0.29, 0.717) is 22.2 Å². The average molecular weight is 319 g/mol. The zero-order chi connectivity index (χ0) is 16.6. The van der Waals surface area contributed by atoms with Gasteiger partial charge in [-0.2, -0.15) is 18.3 Å². The Balaban J connectivity index is 2.14. The van der Waals surface area contributed by atoms with E-state index in [1.165, 1.54) is 24.3 Å². The fraction of sp³-hybridized carbons (Fsp3) is 0.125. The molecule has 0 saturated carbocycles. The molecule has 23 heavy (non-hydrogen) atoms. The largest absolute Gasteiger partial charge is 0.416 e. The van der Waals surface area contributed by atoms with Crippen molar-refractivity contribution in [3.05, 3.63) is 69.6 Å². The van der Waals surface area contributed by atoms with Crippen LogP contribution in [0.4, 0.5) is 18.9 Å². The van der Waals surface area contributed by atoms with Crippen LogP contribution in [0.25, 0.3) is 10.8 Å². The van der Waals surface area contributed by atoms with Gasteiger partial charge in [0.2, 0.25) is 0 Å². The zero-order valence-corrected chi connectivity index (χ0v) is 11.8. The lowest BCUT2D eigenvalue weighted by molar-refractivity contribution is -0.138. The standard InChI is InChI=1S/C16H12F3N3O/c17-16(18,19)13-4-2-1-3-9(13)7-14-11-6-5-10(20)8-12(11)15(23)22-21-14/h1-6,8H,7,20H2,(H,22,23). The fourth-order valence-electron chi connectivity index (χ4n) is 2.51. The summed E-state index contributed by atoms with van der Waals surface area (Å²) < 4.78 is 39.3. The molecule has 3 rings (SSSR count). The number of benzene rings is 2. The third-order valence-corrected chi connectivity index (χ3v) is 3.57. The summed E-state index contributed by atoms with van der Waals surface area (Å²) >= 11 is 0. The van der Waals surface area contributed by atoms with Gasteiger partial charge in [-0.1, -0.05) is 24.3 Å². The molecule has 1 heterocycles. The second-order valence-corrected chi connectivity index (χ2v) is 5.14. The van der Waals surface area contributed by atoms with Crippen LogP contribution in [0, 0.1) is 0 Å². The SMILES string of the molecule is Nc1ccc2c(Cc3ccccc3C(F)(F)F)n[nH]c(=O)c2c1. The first-order chi connectivity index (χ1) is 10.9. The number of hydrogen-bond acceptors (Lipinski definition) is 3. The van der Waals surface area contributed by atoms with Crippen LogP contribution in [0.15, 0.2) is 47.3 Å². The molecule has 0 spiro atoms. The van der Waals surface area contributed by atoms with E-state index < -0.39 is 17.3 Å². The van der Waals surface area contributed by atoms with Gasteiger partial charge in [-0.15, -0.1) is 0 Å². The Labute approximate surface area is 128 Å². The van der Waals surface area contributed by atoms with Gasteiger partial charge in [0.25, 0.3) is 5.56 Å². The van der Waals surface area contributed by atoms with E-state index in [-0.39, 0.29) is 12.0 Å². The van der Waals surface area contributed by atoms with E-state index in [2.05, 4.69) is 10.2 Å². The third kappa shape index (κ3) is 2.90. The summed E-state index contributed by atoms with van der Waals surface area (Å²) in [6, 6.07) is 9.97. The lowest BCUT2D eigenvalue weighted by Gasteiger charge is -2.13. The smallest absolute Gasteiger partial charge is 0.399 e. The van der Waals surface area contributed by atoms with E-state index in [0.717, 1.165) is 6.07 Å². The molecule has 0 amide bonds. The van der Waals surface area contributed by atoms with Crippen LogP contribution >= 0.6 is 0 Å². The van der Waals surface area contributed by atoms with Crippen molar-refractivity contribution >= 4 is 16.5 Å². The van der Waals surface area contributed by atoms with Gasteiger partial charge in [-0.3, -0.25) is 4.79 Å². The van der Waals surface area contributed by atoms with Crippen LogP contribution < -0.4 is 11.3 Å². The molecule has 2 aromatic carbocycles. The summed E-state index contributed by atoms with van der Waals surface area (Å²) in [6.45, 7) is 0. The van der Waals surface area contributed by atoms with Crippen molar-refractivity contribution in [2.75, 3.05) is 5.73 Å². The maximum absolute atomic E-state index is 13.1. The van der Waals surface area contributed by atoms with Crippen molar-refractivity contribution in [1.82, 2.24) is 10.2 Å². The third-order valence-electron chi connectivity index (χ3n) is 3.57. The van der Waals surface area contributed by atoms with Crippen molar-refractivity contribution < 1.29 is 13.2 Å². The Morgan fingerprint density at radius 2 is 1.83 bits per heavy atom. The van der Waals surface area contributed by atoms with Gasteiger partial charge in [0.15, 0.2) is 0 Å². The van der Waals surface area contributed by atoms with Crippen LogP contribution in [0.5, 0.6) is 0 Å². The van der Waals surface area contributed by atoms with Crippen molar-refractivity contribution in [3.8, 4) is 0 Å². The number of nitrogens with two attached hydrogens (primary N) is 1. The zero-order valence-electron chi connectivity index (χ0n) is 11.8. The molecule has 0 aliphatic carbocycles. The van der Waals surface area contributed by atoms with Gasteiger partial charge in [-0.25, -0.2) is 5.10 Å². The molecule has 0 fully saturated rings. The summed E-state index contributed by atoms with van der Waals surface area (Å²) in [5.41, 5.74) is 5.36. The molecule has 3 N–H and O–H groups in total. The molecule has 0 radical (unpaired) electrons. The summed E-state index contributed by atoms with van der Waals surface area (Å²) in [4.78, 5) is 11.8. The number of nitrogen functional groups attached to an aromatic ring is 1. The van der Waals surface area contributed by atoms with Gasteiger partial charge < -0.3 is 5.73 Å². The first kappa shape index (κ1) is 15.1. The van der Waals surface area contributed by atoms with Crippen molar-refractivity contribution in [2.45, 2.75) is 12.6 Å². The van der Waals surface area contributed by atoms with Crippen LogP contribution in [0.2, 0.25) is 0 Å². The Morgan fingerprint density at radius 3 is 2.57 bits per heavy atom. The number of halogens is 3. The highest BCUT2D eigenvalue weighted by atomic mass is 19.4. The van der Waals surface area contributed by atoms with Crippen LogP contribution in [-0.2, 0) is 12.6 Å². The van der Waals surface area contributed by atoms with Gasteiger partial charge in [0, 0.05) is 17.5 Å². The molecule has 0 aliphatic heterocycles. The van der Waals surface area contributed by atoms with Gasteiger partial charge in [-0.05, 0) is 23.8 Å². The molecule has 118 valence electrons. The molecule has 4 nitrogen and oxygen atoms in total. The normalized spacial score (nSPS) is 11.8. The molecule has 7 heteroatoms. The molecular formula is C16H12F3N3O. The number of anilines is 1. The first-order valence-electron chi connectivity index (χ1n) is 6.78. The fourth-order valence-corrected chi connectivity index (χ4v) is 2.51. The second kappa shape index (κ2) is 5.42. The van der Waals surface area contributed by atoms with Crippen LogP contribution in [0.3, 0.4) is 0 Å². The van der Waals surface area contributed by atoms with Crippen LogP contribution in [0.1, 0.15) is 16.8 Å². The molecular weight excluding hydrogens is 307 g/mol. The molecule has 0 bridgehead atoms. The number of fused-ring (bicyclic) bond motifs is 1. The van der Waals surface area contributed by atoms with Gasteiger partial charge in [0.1, 0.15) is 0 Å². The number of hydrogen-bond donors (Lipinski definition) is 2. The van der Waals surface area contributed by atoms with E-state index in [9.17, 15) is 18.0 Å². The van der Waals surface area contributed by atoms with Gasteiger partial charge >= 0.3 is 6.18 Å². The van der Waals surface area contributed by atoms with E-state index in [4.69, 9.17) is 5.73 Å². The molecule has 1 aromatic heterocycles. The molecule has 0 atom stereocenters. The number of nitrogens with zero attached hydrogens (tertiary/aromatic N) is 1. The number of alkyl halides is 3. The van der Waals surface area contributed by atoms with Crippen molar-refractivity contribution in [2.24, 2.45) is 0 Å². The van der Waals surface area contributed by atoms with Gasteiger partial charge in [0.05, 0.1) is 16.6 Å². The summed E-state index contributed by atoms with van der Waals surface area (Å²) in [5.74, 6) is 0. The minimum absolute atomic E-state index is 0.0487. The maximum Gasteiger partial charge on any atom is 0.416 e. The predicted octanol–water partition coefficient (Wildman–Crippen LogP) is 3.11. The Morgan fingerprint density at radius 1 is 1.09 bits per heavy atom. The Hall–Kier alpha value is -2.83. The number of H-pyrrole nitrogens is 1. The summed E-state index contributed by atoms with van der Waals surface area (Å²) in [5, 5.41) is 7.01. The van der Waals surface area contributed by atoms with E-state index in [1.807, 2.05) is 0 Å². The van der Waals surface area contributed by atoms with E-state index >= 15 is 0 Å². The van der Waals surface area contributed by atoms with E-state index in [1.54, 1.807) is 12.1 Å². The Bertz CT molecular complexity index is 932. The lowest BCUT2D eigenvalue weighted by atomic mass is 9.99. The minimum Gasteiger partial charge on any atom is -0.399 e. The lowest BCUT2D eigenvalue weighted by Crippen LogP contribution is -2.14. The topological polar surface area (TPSA) is 71.8 Å². The molecule has 3 aromatic rings. The quantitative estimate of drug-likeness (QED) is 0.713. The number of aromatic amines is 1. The highest BCUT2D eigenvalue weighted by Crippen LogP contribution is 2.33. The average Bonchev–Trinajstić information content (AvgIpc) is 2.50. The second-order valence-electron chi connectivity index (χ2n) is 5.14. The first-order valence-corrected chi connectivity index (χ1v) is 6.78. The van der Waals surface area contributed by atoms with Crippen LogP contribution in [-0.4, -0.2) is 10.2 Å². The number of rotatable bonds is 2. The molecule has 0 unspecified atom stereocenters. The Kier molecular flexibility index (Phi) is 3.55. The minimum atomic E-state index is -4.45. The summed E-state index contributed by atoms with van der Waals surface area (Å²) in [6.07, 6.45) is -4.49. The highest BCUT2D eigenvalue weighted by molar-refractivity contribution is 5.86. The summed E-state index contributed by atoms with van der Waals surface area (Å²) in [7, 11) is 0. The highest BCUT2D eigenvalue weighted by Gasteiger charge is 2.33. The monoisotopic (exact) mass is 319 g/mol. The number of aromatic nitrogens is 2. The maximum atomic E-state index is 13.1. The predicted molar refractivity (Wildman–Crippen MR) is 81.0 cm³/mol. The van der Waals surface area contributed by atoms with Crippen molar-refractivity contribution in [1.29, 1.82) is 0 Å². The molecule has 0 saturated heterocycles. The van der Waals surface area contributed by atoms with Crippen molar-refractivity contribution in [3.63, 3.8) is 0 Å². The molecule has 0 aliphatic rings.